The molecule has 0 spiro atoms. The molecule has 1 atom stereocenters. The van der Waals surface area contributed by atoms with Crippen molar-refractivity contribution in [2.75, 3.05) is 0 Å². The molecular formula is C11H11BrN2O2. The average molecular weight is 283 g/mol. The number of aromatic amines is 1. The summed E-state index contributed by atoms with van der Waals surface area (Å²) in [6, 6.07) is 5.20. The predicted octanol–water partition coefficient (Wildman–Crippen LogP) is 2.86. The van der Waals surface area contributed by atoms with Crippen LogP contribution in [0.25, 0.3) is 0 Å². The molecule has 0 saturated heterocycles. The quantitative estimate of drug-likeness (QED) is 0.910. The van der Waals surface area contributed by atoms with E-state index in [0.29, 0.717) is 5.69 Å². The van der Waals surface area contributed by atoms with E-state index in [1.54, 1.807) is 24.6 Å². The van der Waals surface area contributed by atoms with Crippen LogP contribution in [0, 0.1) is 0 Å². The van der Waals surface area contributed by atoms with Crippen molar-refractivity contribution >= 4 is 21.8 Å². The van der Waals surface area contributed by atoms with Gasteiger partial charge in [-0.25, -0.2) is 0 Å². The van der Waals surface area contributed by atoms with Gasteiger partial charge in [-0.2, -0.15) is 0 Å². The van der Waals surface area contributed by atoms with Gasteiger partial charge in [-0.15, -0.1) is 0 Å². The van der Waals surface area contributed by atoms with Gasteiger partial charge >= 0.3 is 0 Å². The minimum atomic E-state index is -0.158. The van der Waals surface area contributed by atoms with Crippen molar-refractivity contribution in [2.24, 2.45) is 0 Å². The highest BCUT2D eigenvalue weighted by Gasteiger charge is 2.14. The van der Waals surface area contributed by atoms with Gasteiger partial charge in [-0.1, -0.05) is 0 Å². The normalized spacial score (nSPS) is 12.4. The van der Waals surface area contributed by atoms with Crippen molar-refractivity contribution in [2.45, 2.75) is 13.0 Å². The summed E-state index contributed by atoms with van der Waals surface area (Å²) in [5.41, 5.74) is 0.519. The van der Waals surface area contributed by atoms with E-state index in [1.807, 2.05) is 13.0 Å². The van der Waals surface area contributed by atoms with Crippen LogP contribution < -0.4 is 5.32 Å². The van der Waals surface area contributed by atoms with Crippen LogP contribution in [0.5, 0.6) is 0 Å². The zero-order valence-electron chi connectivity index (χ0n) is 8.66. The fourth-order valence-electron chi connectivity index (χ4n) is 1.38. The van der Waals surface area contributed by atoms with Crippen molar-refractivity contribution in [3.8, 4) is 0 Å². The van der Waals surface area contributed by atoms with Crippen molar-refractivity contribution in [3.05, 3.63) is 46.6 Å². The third-order valence-corrected chi connectivity index (χ3v) is 2.67. The number of rotatable bonds is 3. The largest absolute Gasteiger partial charge is 0.467 e. The van der Waals surface area contributed by atoms with Crippen LogP contribution in [0.1, 0.15) is 29.2 Å². The monoisotopic (exact) mass is 282 g/mol. The molecule has 0 fully saturated rings. The molecule has 4 nitrogen and oxygen atoms in total. The van der Waals surface area contributed by atoms with Gasteiger partial charge in [-0.05, 0) is 41.1 Å². The maximum Gasteiger partial charge on any atom is 0.268 e. The molecule has 5 heteroatoms. The molecular weight excluding hydrogens is 272 g/mol. The second-order valence-electron chi connectivity index (χ2n) is 3.44. The molecule has 0 aliphatic carbocycles. The number of carbonyl (C=O) groups is 1. The zero-order chi connectivity index (χ0) is 11.5. The molecule has 0 aliphatic heterocycles. The third kappa shape index (κ3) is 2.36. The first-order valence-corrected chi connectivity index (χ1v) is 5.64. The molecule has 2 heterocycles. The van der Waals surface area contributed by atoms with Gasteiger partial charge < -0.3 is 14.7 Å². The van der Waals surface area contributed by atoms with E-state index in [-0.39, 0.29) is 11.9 Å². The summed E-state index contributed by atoms with van der Waals surface area (Å²) in [7, 11) is 0. The van der Waals surface area contributed by atoms with Gasteiger partial charge in [0.1, 0.15) is 11.5 Å². The molecule has 2 aromatic heterocycles. The first kappa shape index (κ1) is 11.0. The van der Waals surface area contributed by atoms with E-state index < -0.39 is 0 Å². The third-order valence-electron chi connectivity index (χ3n) is 2.21. The van der Waals surface area contributed by atoms with E-state index in [4.69, 9.17) is 4.42 Å². The summed E-state index contributed by atoms with van der Waals surface area (Å²) < 4.78 is 6.05. The van der Waals surface area contributed by atoms with Crippen LogP contribution >= 0.6 is 15.9 Å². The molecule has 84 valence electrons. The summed E-state index contributed by atoms with van der Waals surface area (Å²) in [6.45, 7) is 1.87. The number of nitrogens with one attached hydrogen (secondary N) is 2. The summed E-state index contributed by atoms with van der Waals surface area (Å²) >= 11 is 3.28. The van der Waals surface area contributed by atoms with Gasteiger partial charge in [0.25, 0.3) is 5.91 Å². The van der Waals surface area contributed by atoms with E-state index in [9.17, 15) is 4.79 Å². The first-order chi connectivity index (χ1) is 7.66. The van der Waals surface area contributed by atoms with Crippen molar-refractivity contribution in [3.63, 3.8) is 0 Å². The summed E-state index contributed by atoms with van der Waals surface area (Å²) in [4.78, 5) is 14.6. The topological polar surface area (TPSA) is 58.0 Å². The minimum absolute atomic E-state index is 0.149. The number of hydrogen-bond donors (Lipinski definition) is 2. The highest BCUT2D eigenvalue weighted by molar-refractivity contribution is 9.10. The molecule has 1 unspecified atom stereocenters. The standard InChI is InChI=1S/C11H11BrN2O2/c1-7(10-3-2-4-16-10)14-11(15)9-5-8(12)6-13-9/h2-7,13H,1H3,(H,14,15). The van der Waals surface area contributed by atoms with Crippen LogP contribution in [-0.4, -0.2) is 10.9 Å². The van der Waals surface area contributed by atoms with Crippen molar-refractivity contribution in [1.82, 2.24) is 10.3 Å². The summed E-state index contributed by atoms with van der Waals surface area (Å²) in [5, 5.41) is 2.83. The van der Waals surface area contributed by atoms with E-state index in [2.05, 4.69) is 26.2 Å². The number of hydrogen-bond acceptors (Lipinski definition) is 2. The Bertz CT molecular complexity index is 476. The van der Waals surface area contributed by atoms with Gasteiger partial charge in [0.2, 0.25) is 0 Å². The van der Waals surface area contributed by atoms with E-state index in [0.717, 1.165) is 10.2 Å². The highest BCUT2D eigenvalue weighted by atomic mass is 79.9. The van der Waals surface area contributed by atoms with E-state index in [1.165, 1.54) is 0 Å². The second-order valence-corrected chi connectivity index (χ2v) is 4.36. The molecule has 2 rings (SSSR count). The lowest BCUT2D eigenvalue weighted by molar-refractivity contribution is 0.0931. The maximum absolute atomic E-state index is 11.8. The number of furan rings is 1. The predicted molar refractivity (Wildman–Crippen MR) is 63.1 cm³/mol. The molecule has 16 heavy (non-hydrogen) atoms. The molecule has 0 bridgehead atoms. The van der Waals surface area contributed by atoms with Gasteiger partial charge in [0, 0.05) is 10.7 Å². The molecule has 2 N–H and O–H groups in total. The Hall–Kier alpha value is -1.49. The van der Waals surface area contributed by atoms with Crippen molar-refractivity contribution < 1.29 is 9.21 Å². The first-order valence-electron chi connectivity index (χ1n) is 4.85. The molecule has 0 aliphatic rings. The molecule has 0 saturated carbocycles. The van der Waals surface area contributed by atoms with Crippen molar-refractivity contribution in [1.29, 1.82) is 0 Å². The van der Waals surface area contributed by atoms with Gasteiger partial charge in [0.05, 0.1) is 12.3 Å². The van der Waals surface area contributed by atoms with Crippen LogP contribution in [0.2, 0.25) is 0 Å². The van der Waals surface area contributed by atoms with Crippen LogP contribution in [0.15, 0.2) is 39.5 Å². The smallest absolute Gasteiger partial charge is 0.268 e. The number of H-pyrrole nitrogens is 1. The lowest BCUT2D eigenvalue weighted by Crippen LogP contribution is -2.26. The molecule has 0 aromatic carbocycles. The lowest BCUT2D eigenvalue weighted by atomic mass is 10.2. The van der Waals surface area contributed by atoms with Crippen LogP contribution in [0.4, 0.5) is 0 Å². The van der Waals surface area contributed by atoms with Gasteiger partial charge in [-0.3, -0.25) is 4.79 Å². The summed E-state index contributed by atoms with van der Waals surface area (Å²) in [6.07, 6.45) is 3.30. The molecule has 2 aromatic rings. The maximum atomic E-state index is 11.8. The molecule has 1 amide bonds. The van der Waals surface area contributed by atoms with Crippen LogP contribution in [0.3, 0.4) is 0 Å². The van der Waals surface area contributed by atoms with Gasteiger partial charge in [0.15, 0.2) is 0 Å². The number of aromatic nitrogens is 1. The average Bonchev–Trinajstić information content (AvgIpc) is 2.87. The number of halogens is 1. The van der Waals surface area contributed by atoms with Crippen LogP contribution in [-0.2, 0) is 0 Å². The molecule has 0 radical (unpaired) electrons. The highest BCUT2D eigenvalue weighted by Crippen LogP contribution is 2.14. The minimum Gasteiger partial charge on any atom is -0.467 e. The number of carbonyl (C=O) groups excluding carboxylic acids is 1. The lowest BCUT2D eigenvalue weighted by Gasteiger charge is -2.10. The SMILES string of the molecule is CC(NC(=O)c1cc(Br)c[nH]1)c1ccco1. The zero-order valence-corrected chi connectivity index (χ0v) is 10.2. The second kappa shape index (κ2) is 4.57. The Morgan fingerprint density at radius 3 is 3.00 bits per heavy atom. The Balaban J connectivity index is 2.03. The Morgan fingerprint density at radius 2 is 2.44 bits per heavy atom. The Kier molecular flexibility index (Phi) is 3.14. The fourth-order valence-corrected chi connectivity index (χ4v) is 1.73. The van der Waals surface area contributed by atoms with E-state index >= 15 is 0 Å². The number of amides is 1. The fraction of sp³-hybridized carbons (Fsp3) is 0.182. The Labute approximate surface area is 101 Å². The Morgan fingerprint density at radius 1 is 1.62 bits per heavy atom. The summed E-state index contributed by atoms with van der Waals surface area (Å²) in [5.74, 6) is 0.577.